The lowest BCUT2D eigenvalue weighted by Crippen LogP contribution is -2.28. The van der Waals surface area contributed by atoms with Crippen LogP contribution in [0.5, 0.6) is 0 Å². The number of rotatable bonds is 7. The molecule has 6 nitrogen and oxygen atoms in total. The van der Waals surface area contributed by atoms with Gasteiger partial charge in [-0.2, -0.15) is 0 Å². The molecule has 0 saturated carbocycles. The standard InChI is InChI=1S/C10H20N6.3ClH/c1-3-16(4-2)8-7-12-9-5-6-10(13-11)15-14-9;;;/h5-6H,3-4,7-8,11H2,1-2H3,(H,12,14)(H,13,15);3*1H. The number of hydrogen-bond donors (Lipinski definition) is 3. The lowest BCUT2D eigenvalue weighted by atomic mass is 10.4. The van der Waals surface area contributed by atoms with Crippen LogP contribution in [0.1, 0.15) is 13.8 Å². The number of halogens is 3. The summed E-state index contributed by atoms with van der Waals surface area (Å²) in [5.74, 6) is 6.53. The van der Waals surface area contributed by atoms with E-state index in [1.807, 2.05) is 6.07 Å². The third-order valence-corrected chi connectivity index (χ3v) is 2.44. The summed E-state index contributed by atoms with van der Waals surface area (Å²) < 4.78 is 0. The van der Waals surface area contributed by atoms with Crippen molar-refractivity contribution < 1.29 is 0 Å². The molecular weight excluding hydrogens is 311 g/mol. The predicted octanol–water partition coefficient (Wildman–Crippen LogP) is 1.78. The topological polar surface area (TPSA) is 79.1 Å². The molecule has 0 amide bonds. The fourth-order valence-electron chi connectivity index (χ4n) is 1.39. The summed E-state index contributed by atoms with van der Waals surface area (Å²) in [6.45, 7) is 8.33. The second-order valence-corrected chi connectivity index (χ2v) is 3.40. The third kappa shape index (κ3) is 9.07. The number of anilines is 2. The van der Waals surface area contributed by atoms with Gasteiger partial charge in [0.15, 0.2) is 5.82 Å². The molecule has 1 heterocycles. The van der Waals surface area contributed by atoms with E-state index in [1.165, 1.54) is 0 Å². The lowest BCUT2D eigenvalue weighted by Gasteiger charge is -2.17. The summed E-state index contributed by atoms with van der Waals surface area (Å²) in [7, 11) is 0. The summed E-state index contributed by atoms with van der Waals surface area (Å²) >= 11 is 0. The first-order valence-electron chi connectivity index (χ1n) is 5.56. The Bertz CT molecular complexity index is 294. The maximum atomic E-state index is 5.20. The Morgan fingerprint density at radius 3 is 2.00 bits per heavy atom. The lowest BCUT2D eigenvalue weighted by molar-refractivity contribution is 0.316. The minimum absolute atomic E-state index is 0. The van der Waals surface area contributed by atoms with Gasteiger partial charge in [-0.25, -0.2) is 5.84 Å². The Labute approximate surface area is 133 Å². The molecular formula is C10H23Cl3N6. The molecule has 0 aliphatic rings. The molecule has 114 valence electrons. The molecule has 9 heteroatoms. The largest absolute Gasteiger partial charge is 0.367 e. The zero-order chi connectivity index (χ0) is 11.8. The van der Waals surface area contributed by atoms with Gasteiger partial charge in [-0.05, 0) is 25.2 Å². The van der Waals surface area contributed by atoms with Crippen LogP contribution in [0.25, 0.3) is 0 Å². The van der Waals surface area contributed by atoms with Gasteiger partial charge in [-0.1, -0.05) is 13.8 Å². The third-order valence-electron chi connectivity index (χ3n) is 2.44. The van der Waals surface area contributed by atoms with Gasteiger partial charge in [0.1, 0.15) is 5.82 Å². The number of nitrogens with one attached hydrogen (secondary N) is 2. The van der Waals surface area contributed by atoms with Gasteiger partial charge >= 0.3 is 0 Å². The van der Waals surface area contributed by atoms with E-state index >= 15 is 0 Å². The smallest absolute Gasteiger partial charge is 0.162 e. The van der Waals surface area contributed by atoms with Crippen molar-refractivity contribution in [3.63, 3.8) is 0 Å². The van der Waals surface area contributed by atoms with E-state index in [1.54, 1.807) is 6.07 Å². The Balaban J connectivity index is -0.000000853. The molecule has 1 aromatic heterocycles. The molecule has 1 aromatic rings. The fourth-order valence-corrected chi connectivity index (χ4v) is 1.39. The summed E-state index contributed by atoms with van der Waals surface area (Å²) in [6.07, 6.45) is 0. The molecule has 0 unspecified atom stereocenters. The van der Waals surface area contributed by atoms with E-state index < -0.39 is 0 Å². The highest BCUT2D eigenvalue weighted by Gasteiger charge is 1.99. The Kier molecular flexibility index (Phi) is 17.2. The van der Waals surface area contributed by atoms with Crippen LogP contribution in [0.2, 0.25) is 0 Å². The van der Waals surface area contributed by atoms with Crippen LogP contribution in [-0.4, -0.2) is 41.3 Å². The first-order chi connectivity index (χ1) is 7.80. The molecule has 0 radical (unpaired) electrons. The van der Waals surface area contributed by atoms with Crippen LogP contribution >= 0.6 is 37.2 Å². The highest BCUT2D eigenvalue weighted by molar-refractivity contribution is 5.86. The molecule has 1 rings (SSSR count). The molecule has 4 N–H and O–H groups in total. The number of aromatic nitrogens is 2. The normalized spacial score (nSPS) is 8.84. The van der Waals surface area contributed by atoms with Crippen molar-refractivity contribution in [2.45, 2.75) is 13.8 Å². The van der Waals surface area contributed by atoms with Crippen LogP contribution in [0.15, 0.2) is 12.1 Å². The van der Waals surface area contributed by atoms with Gasteiger partial charge < -0.3 is 15.6 Å². The van der Waals surface area contributed by atoms with Gasteiger partial charge in [0, 0.05) is 13.1 Å². The maximum absolute atomic E-state index is 5.20. The van der Waals surface area contributed by atoms with Crippen molar-refractivity contribution in [1.82, 2.24) is 15.1 Å². The summed E-state index contributed by atoms with van der Waals surface area (Å²) in [5, 5.41) is 11.1. The number of likely N-dealkylation sites (N-methyl/N-ethyl adjacent to an activating group) is 1. The highest BCUT2D eigenvalue weighted by atomic mass is 35.5. The number of nitrogen functional groups attached to an aromatic ring is 1. The molecule has 0 bridgehead atoms. The fraction of sp³-hybridized carbons (Fsp3) is 0.600. The summed E-state index contributed by atoms with van der Waals surface area (Å²) in [6, 6.07) is 3.64. The molecule has 0 aromatic carbocycles. The number of nitrogens with zero attached hydrogens (tertiary/aromatic N) is 3. The average molecular weight is 334 g/mol. The van der Waals surface area contributed by atoms with E-state index in [-0.39, 0.29) is 37.2 Å². The van der Waals surface area contributed by atoms with Crippen LogP contribution in [0.3, 0.4) is 0 Å². The molecule has 0 fully saturated rings. The first-order valence-corrected chi connectivity index (χ1v) is 5.56. The van der Waals surface area contributed by atoms with Crippen LogP contribution in [0, 0.1) is 0 Å². The van der Waals surface area contributed by atoms with E-state index in [2.05, 4.69) is 39.7 Å². The van der Waals surface area contributed by atoms with Crippen molar-refractivity contribution in [2.75, 3.05) is 36.9 Å². The summed E-state index contributed by atoms with van der Waals surface area (Å²) in [5.41, 5.74) is 2.44. The van der Waals surface area contributed by atoms with Crippen molar-refractivity contribution in [3.05, 3.63) is 12.1 Å². The SMILES string of the molecule is CCN(CC)CCNc1ccc(NN)nn1.Cl.Cl.Cl. The minimum atomic E-state index is 0. The second-order valence-electron chi connectivity index (χ2n) is 3.40. The number of hydrogen-bond acceptors (Lipinski definition) is 6. The van der Waals surface area contributed by atoms with Crippen molar-refractivity contribution in [2.24, 2.45) is 5.84 Å². The molecule has 0 aliphatic carbocycles. The van der Waals surface area contributed by atoms with Gasteiger partial charge in [-0.15, -0.1) is 47.4 Å². The first kappa shape index (κ1) is 23.6. The monoisotopic (exact) mass is 332 g/mol. The predicted molar refractivity (Wildman–Crippen MR) is 87.9 cm³/mol. The van der Waals surface area contributed by atoms with E-state index in [0.29, 0.717) is 5.82 Å². The van der Waals surface area contributed by atoms with Crippen LogP contribution in [0.4, 0.5) is 11.6 Å². The van der Waals surface area contributed by atoms with E-state index in [0.717, 1.165) is 32.0 Å². The highest BCUT2D eigenvalue weighted by Crippen LogP contribution is 2.03. The van der Waals surface area contributed by atoms with Crippen LogP contribution in [-0.2, 0) is 0 Å². The molecule has 0 atom stereocenters. The number of nitrogens with two attached hydrogens (primary N) is 1. The molecule has 0 spiro atoms. The quantitative estimate of drug-likeness (QED) is 0.521. The van der Waals surface area contributed by atoms with Crippen molar-refractivity contribution in [3.8, 4) is 0 Å². The van der Waals surface area contributed by atoms with Gasteiger partial charge in [0.2, 0.25) is 0 Å². The Morgan fingerprint density at radius 2 is 1.58 bits per heavy atom. The molecule has 19 heavy (non-hydrogen) atoms. The van der Waals surface area contributed by atoms with Crippen molar-refractivity contribution >= 4 is 48.9 Å². The molecule has 0 saturated heterocycles. The van der Waals surface area contributed by atoms with Crippen molar-refractivity contribution in [1.29, 1.82) is 0 Å². The van der Waals surface area contributed by atoms with Gasteiger partial charge in [0.25, 0.3) is 0 Å². The Morgan fingerprint density at radius 1 is 1.05 bits per heavy atom. The van der Waals surface area contributed by atoms with Gasteiger partial charge in [-0.3, -0.25) is 0 Å². The minimum Gasteiger partial charge on any atom is -0.367 e. The van der Waals surface area contributed by atoms with Gasteiger partial charge in [0.05, 0.1) is 0 Å². The van der Waals surface area contributed by atoms with E-state index in [9.17, 15) is 0 Å². The maximum Gasteiger partial charge on any atom is 0.162 e. The second kappa shape index (κ2) is 13.9. The van der Waals surface area contributed by atoms with E-state index in [4.69, 9.17) is 5.84 Å². The van der Waals surface area contributed by atoms with Crippen LogP contribution < -0.4 is 16.6 Å². The zero-order valence-electron chi connectivity index (χ0n) is 11.1. The summed E-state index contributed by atoms with van der Waals surface area (Å²) in [4.78, 5) is 2.34. The average Bonchev–Trinajstić information content (AvgIpc) is 2.35. The number of hydrazine groups is 1. The molecule has 0 aliphatic heterocycles. The Hall–Kier alpha value is -0.530. The zero-order valence-corrected chi connectivity index (χ0v) is 13.6.